The lowest BCUT2D eigenvalue weighted by molar-refractivity contribution is -0.137. The van der Waals surface area contributed by atoms with Crippen LogP contribution in [0.15, 0.2) is 12.1 Å². The molecule has 0 aromatic heterocycles. The maximum Gasteiger partial charge on any atom is 0.417 e. The third kappa shape index (κ3) is 2.15. The highest BCUT2D eigenvalue weighted by molar-refractivity contribution is 5.43. The average molecular weight is 255 g/mol. The van der Waals surface area contributed by atoms with Gasteiger partial charge in [-0.2, -0.15) is 13.2 Å². The number of rotatable bonds is 0. The van der Waals surface area contributed by atoms with Gasteiger partial charge in [0.15, 0.2) is 0 Å². The minimum atomic E-state index is -4.31. The molecule has 0 atom stereocenters. The van der Waals surface area contributed by atoms with Crippen LogP contribution in [-0.4, -0.2) is 0 Å². The second kappa shape index (κ2) is 3.75. The van der Waals surface area contributed by atoms with Crippen LogP contribution in [0.4, 0.5) is 13.2 Å². The van der Waals surface area contributed by atoms with Crippen molar-refractivity contribution in [2.24, 2.45) is 0 Å². The fourth-order valence-corrected chi connectivity index (χ4v) is 2.67. The topological polar surface area (TPSA) is 0 Å². The summed E-state index contributed by atoms with van der Waals surface area (Å²) in [5.74, 6) is 0. The Bertz CT molecular complexity index is 467. The van der Waals surface area contributed by atoms with Gasteiger partial charge in [-0.15, -0.1) is 0 Å². The molecule has 0 fully saturated rings. The van der Waals surface area contributed by atoms with E-state index in [2.05, 4.69) is 19.9 Å². The summed E-state index contributed by atoms with van der Waals surface area (Å²) in [4.78, 5) is 0. The SMILES string of the molecule is CC1(C)CCC(C)(C)c2cc(C(F)(F)F)[c]cc21. The molecule has 1 aromatic rings. The molecule has 1 aromatic carbocycles. The second-order valence-electron chi connectivity index (χ2n) is 6.44. The van der Waals surface area contributed by atoms with Crippen molar-refractivity contribution in [1.29, 1.82) is 0 Å². The molecule has 1 radical (unpaired) electrons. The maximum absolute atomic E-state index is 12.8. The smallest absolute Gasteiger partial charge is 0.166 e. The van der Waals surface area contributed by atoms with Crippen LogP contribution in [0.3, 0.4) is 0 Å². The summed E-state index contributed by atoms with van der Waals surface area (Å²) in [7, 11) is 0. The molecule has 2 rings (SSSR count). The molecular weight excluding hydrogens is 237 g/mol. The van der Waals surface area contributed by atoms with E-state index >= 15 is 0 Å². The molecule has 0 amide bonds. The van der Waals surface area contributed by atoms with Crippen LogP contribution in [0.2, 0.25) is 0 Å². The number of fused-ring (bicyclic) bond motifs is 1. The Labute approximate surface area is 106 Å². The lowest BCUT2D eigenvalue weighted by atomic mass is 9.63. The van der Waals surface area contributed by atoms with Gasteiger partial charge in [0, 0.05) is 0 Å². The lowest BCUT2D eigenvalue weighted by Crippen LogP contribution is -2.34. The van der Waals surface area contributed by atoms with E-state index in [0.29, 0.717) is 0 Å². The zero-order valence-electron chi connectivity index (χ0n) is 11.2. The van der Waals surface area contributed by atoms with Gasteiger partial charge in [-0.05, 0) is 53.0 Å². The van der Waals surface area contributed by atoms with Crippen LogP contribution in [-0.2, 0) is 17.0 Å². The van der Waals surface area contributed by atoms with Gasteiger partial charge in [-0.1, -0.05) is 27.7 Å². The molecule has 3 heteroatoms. The van der Waals surface area contributed by atoms with Crippen molar-refractivity contribution in [2.45, 2.75) is 57.5 Å². The predicted molar refractivity (Wildman–Crippen MR) is 65.6 cm³/mol. The molecule has 0 aliphatic heterocycles. The fraction of sp³-hybridized carbons (Fsp3) is 0.600. The molecule has 0 bridgehead atoms. The van der Waals surface area contributed by atoms with E-state index in [1.165, 1.54) is 6.07 Å². The van der Waals surface area contributed by atoms with E-state index in [4.69, 9.17) is 0 Å². The molecule has 0 unspecified atom stereocenters. The van der Waals surface area contributed by atoms with Crippen molar-refractivity contribution in [3.05, 3.63) is 34.9 Å². The van der Waals surface area contributed by atoms with Gasteiger partial charge in [0.1, 0.15) is 0 Å². The molecule has 0 spiro atoms. The molecule has 1 aliphatic carbocycles. The van der Waals surface area contributed by atoms with E-state index < -0.39 is 11.7 Å². The van der Waals surface area contributed by atoms with Crippen molar-refractivity contribution in [3.8, 4) is 0 Å². The van der Waals surface area contributed by atoms with E-state index in [1.807, 2.05) is 13.8 Å². The quantitative estimate of drug-likeness (QED) is 0.621. The van der Waals surface area contributed by atoms with Crippen LogP contribution in [0.5, 0.6) is 0 Å². The summed E-state index contributed by atoms with van der Waals surface area (Å²) >= 11 is 0. The minimum absolute atomic E-state index is 0.0640. The summed E-state index contributed by atoms with van der Waals surface area (Å²) in [5, 5.41) is 0. The molecule has 0 saturated carbocycles. The van der Waals surface area contributed by atoms with Crippen molar-refractivity contribution >= 4 is 0 Å². The number of benzene rings is 1. The van der Waals surface area contributed by atoms with Gasteiger partial charge >= 0.3 is 6.18 Å². The Morgan fingerprint density at radius 2 is 1.50 bits per heavy atom. The number of hydrogen-bond acceptors (Lipinski definition) is 0. The number of hydrogen-bond donors (Lipinski definition) is 0. The van der Waals surface area contributed by atoms with Gasteiger partial charge in [0.25, 0.3) is 0 Å². The molecule has 0 nitrogen and oxygen atoms in total. The van der Waals surface area contributed by atoms with Gasteiger partial charge in [-0.25, -0.2) is 0 Å². The lowest BCUT2D eigenvalue weighted by Gasteiger charge is -2.42. The zero-order valence-corrected chi connectivity index (χ0v) is 11.2. The normalized spacial score (nSPS) is 21.5. The third-order valence-electron chi connectivity index (χ3n) is 4.09. The van der Waals surface area contributed by atoms with Gasteiger partial charge in [-0.3, -0.25) is 0 Å². The highest BCUT2D eigenvalue weighted by Crippen LogP contribution is 2.47. The minimum Gasteiger partial charge on any atom is -0.166 e. The van der Waals surface area contributed by atoms with Gasteiger partial charge in [0.05, 0.1) is 5.56 Å². The largest absolute Gasteiger partial charge is 0.417 e. The van der Waals surface area contributed by atoms with Gasteiger partial charge < -0.3 is 0 Å². The van der Waals surface area contributed by atoms with Crippen LogP contribution in [0, 0.1) is 6.07 Å². The summed E-state index contributed by atoms with van der Waals surface area (Å²) in [6, 6.07) is 5.23. The van der Waals surface area contributed by atoms with E-state index in [0.717, 1.165) is 24.0 Å². The standard InChI is InChI=1S/C15H18F3/c1-13(2)7-8-14(3,4)12-9-10(15(16,17)18)5-6-11(12)13/h6,9H,7-8H2,1-4H3. The van der Waals surface area contributed by atoms with Crippen LogP contribution < -0.4 is 0 Å². The zero-order chi connectivity index (χ0) is 13.8. The Balaban J connectivity index is 2.63. The van der Waals surface area contributed by atoms with E-state index in [-0.39, 0.29) is 10.8 Å². The van der Waals surface area contributed by atoms with Crippen molar-refractivity contribution in [2.75, 3.05) is 0 Å². The summed E-state index contributed by atoms with van der Waals surface area (Å²) in [6.45, 7) is 8.20. The molecule has 1 aliphatic rings. The first kappa shape index (κ1) is 13.4. The molecular formula is C15H18F3. The molecule has 99 valence electrons. The second-order valence-corrected chi connectivity index (χ2v) is 6.44. The average Bonchev–Trinajstić information content (AvgIpc) is 2.23. The molecule has 0 N–H and O–H groups in total. The molecule has 0 saturated heterocycles. The molecule has 0 heterocycles. The molecule has 18 heavy (non-hydrogen) atoms. The predicted octanol–water partition coefficient (Wildman–Crippen LogP) is 4.85. The van der Waals surface area contributed by atoms with Gasteiger partial charge in [0.2, 0.25) is 0 Å². The Kier molecular flexibility index (Phi) is 2.80. The summed E-state index contributed by atoms with van der Waals surface area (Å²) < 4.78 is 38.3. The highest BCUT2D eigenvalue weighted by atomic mass is 19.4. The van der Waals surface area contributed by atoms with Crippen molar-refractivity contribution in [3.63, 3.8) is 0 Å². The van der Waals surface area contributed by atoms with Crippen LogP contribution in [0.25, 0.3) is 0 Å². The Morgan fingerprint density at radius 3 is 2.00 bits per heavy atom. The van der Waals surface area contributed by atoms with E-state index in [9.17, 15) is 13.2 Å². The van der Waals surface area contributed by atoms with E-state index in [1.54, 1.807) is 6.07 Å². The van der Waals surface area contributed by atoms with Crippen LogP contribution >= 0.6 is 0 Å². The number of alkyl halides is 3. The fourth-order valence-electron chi connectivity index (χ4n) is 2.67. The summed E-state index contributed by atoms with van der Waals surface area (Å²) in [6.07, 6.45) is -2.41. The highest BCUT2D eigenvalue weighted by Gasteiger charge is 2.39. The Hall–Kier alpha value is -0.990. The maximum atomic E-state index is 12.8. The van der Waals surface area contributed by atoms with Crippen molar-refractivity contribution in [1.82, 2.24) is 0 Å². The Morgan fingerprint density at radius 1 is 1.00 bits per heavy atom. The third-order valence-corrected chi connectivity index (χ3v) is 4.09. The van der Waals surface area contributed by atoms with Crippen molar-refractivity contribution < 1.29 is 13.2 Å². The van der Waals surface area contributed by atoms with Crippen LogP contribution in [0.1, 0.15) is 57.2 Å². The monoisotopic (exact) mass is 255 g/mol. The summed E-state index contributed by atoms with van der Waals surface area (Å²) in [5.41, 5.74) is 0.912. The number of halogens is 3. The first-order valence-corrected chi connectivity index (χ1v) is 6.18. The first-order valence-electron chi connectivity index (χ1n) is 6.18. The first-order chi connectivity index (χ1) is 8.04.